The average Bonchev–Trinajstić information content (AvgIpc) is 3.08. The highest BCUT2D eigenvalue weighted by Crippen LogP contribution is 2.10. The molecule has 2 heterocycles. The summed E-state index contributed by atoms with van der Waals surface area (Å²) in [7, 11) is 0. The molecule has 1 N–H and O–H groups in total. The Kier molecular flexibility index (Phi) is 8.39. The third-order valence-corrected chi connectivity index (χ3v) is 4.09. The van der Waals surface area contributed by atoms with Crippen LogP contribution in [0, 0.1) is 5.92 Å². The number of ether oxygens (including phenoxy) is 2. The molecule has 128 valence electrons. The molecule has 5 nitrogen and oxygen atoms in total. The zero-order valence-electron chi connectivity index (χ0n) is 13.4. The van der Waals surface area contributed by atoms with Gasteiger partial charge in [0, 0.05) is 31.2 Å². The summed E-state index contributed by atoms with van der Waals surface area (Å²) >= 11 is 4.97. The maximum Gasteiger partial charge on any atom is 0.404 e. The van der Waals surface area contributed by atoms with Gasteiger partial charge in [0.25, 0.3) is 0 Å². The molecule has 2 aliphatic heterocycles. The molecule has 0 saturated carbocycles. The predicted octanol–water partition coefficient (Wildman–Crippen LogP) is 2.49. The van der Waals surface area contributed by atoms with Crippen LogP contribution in [0.1, 0.15) is 12.0 Å². The molecule has 2 fully saturated rings. The van der Waals surface area contributed by atoms with Crippen LogP contribution in [0.15, 0.2) is 30.3 Å². The second kappa shape index (κ2) is 10.6. The number of nitrogens with one attached hydrogen (secondary N) is 1. The third-order valence-electron chi connectivity index (χ3n) is 3.98. The Morgan fingerprint density at radius 1 is 1.30 bits per heavy atom. The molecule has 0 unspecified atom stereocenters. The van der Waals surface area contributed by atoms with Crippen molar-refractivity contribution in [2.45, 2.75) is 13.0 Å². The highest BCUT2D eigenvalue weighted by molar-refractivity contribution is 6.61. The number of hydrogen-bond acceptors (Lipinski definition) is 5. The summed E-state index contributed by atoms with van der Waals surface area (Å²) in [5.41, 5.74) is 0.162. The lowest BCUT2D eigenvalue weighted by atomic mass is 10.1. The van der Waals surface area contributed by atoms with Crippen molar-refractivity contribution >= 4 is 17.0 Å². The van der Waals surface area contributed by atoms with Crippen LogP contribution < -0.4 is 5.32 Å². The monoisotopic (exact) mass is 340 g/mol. The number of nitrogens with zero attached hydrogens (tertiary/aromatic N) is 1. The highest BCUT2D eigenvalue weighted by atomic mass is 35.5. The standard InChI is InChI=1S/C9H18N2O.C8H7ClO2/c1-2-10-7-9(1)8-11-3-5-12-6-4-11;9-8(10)11-6-7-4-2-1-3-5-7/h9-10H,1-8H2;1-5H,6H2/t9-;/m0./s1. The molecular formula is C17H25ClN2O3. The van der Waals surface area contributed by atoms with Gasteiger partial charge in [-0.3, -0.25) is 4.90 Å². The molecule has 0 aliphatic carbocycles. The van der Waals surface area contributed by atoms with Crippen molar-refractivity contribution in [3.8, 4) is 0 Å². The second-order valence-electron chi connectivity index (χ2n) is 5.78. The molecule has 0 radical (unpaired) electrons. The molecule has 6 heteroatoms. The first-order valence-electron chi connectivity index (χ1n) is 8.11. The van der Waals surface area contributed by atoms with E-state index in [1.807, 2.05) is 30.3 Å². The number of morpholine rings is 1. The molecule has 23 heavy (non-hydrogen) atoms. The van der Waals surface area contributed by atoms with Crippen LogP contribution in [0.5, 0.6) is 0 Å². The van der Waals surface area contributed by atoms with Crippen LogP contribution in [0.4, 0.5) is 4.79 Å². The number of benzene rings is 1. The van der Waals surface area contributed by atoms with Gasteiger partial charge < -0.3 is 14.8 Å². The normalized spacial score (nSPS) is 21.3. The van der Waals surface area contributed by atoms with Crippen LogP contribution in [0.3, 0.4) is 0 Å². The van der Waals surface area contributed by atoms with E-state index in [1.165, 1.54) is 26.1 Å². The molecule has 3 rings (SSSR count). The lowest BCUT2D eigenvalue weighted by Crippen LogP contribution is -2.39. The smallest absolute Gasteiger partial charge is 0.404 e. The van der Waals surface area contributed by atoms with Crippen LogP contribution in [-0.2, 0) is 16.1 Å². The number of carbonyl (C=O) groups excluding carboxylic acids is 1. The van der Waals surface area contributed by atoms with E-state index in [0.717, 1.165) is 37.8 Å². The summed E-state index contributed by atoms with van der Waals surface area (Å²) in [5.74, 6) is 0.892. The number of rotatable bonds is 4. The Labute approximate surface area is 142 Å². The van der Waals surface area contributed by atoms with Gasteiger partial charge in [-0.2, -0.15) is 0 Å². The van der Waals surface area contributed by atoms with E-state index >= 15 is 0 Å². The van der Waals surface area contributed by atoms with Gasteiger partial charge in [0.15, 0.2) is 0 Å². The van der Waals surface area contributed by atoms with Gasteiger partial charge >= 0.3 is 5.43 Å². The Bertz CT molecular complexity index is 446. The lowest BCUT2D eigenvalue weighted by Gasteiger charge is -2.28. The van der Waals surface area contributed by atoms with E-state index < -0.39 is 5.43 Å². The van der Waals surface area contributed by atoms with Gasteiger partial charge in [0.05, 0.1) is 13.2 Å². The van der Waals surface area contributed by atoms with Gasteiger partial charge in [-0.05, 0) is 31.0 Å². The molecule has 0 bridgehead atoms. The lowest BCUT2D eigenvalue weighted by molar-refractivity contribution is 0.0319. The van der Waals surface area contributed by atoms with E-state index in [9.17, 15) is 4.79 Å². The number of hydrogen-bond donors (Lipinski definition) is 1. The Morgan fingerprint density at radius 2 is 2.04 bits per heavy atom. The molecular weight excluding hydrogens is 316 g/mol. The molecule has 0 spiro atoms. The van der Waals surface area contributed by atoms with Crippen molar-refractivity contribution in [2.24, 2.45) is 5.92 Å². The first kappa shape index (κ1) is 18.2. The molecule has 1 atom stereocenters. The van der Waals surface area contributed by atoms with E-state index in [4.69, 9.17) is 16.3 Å². The highest BCUT2D eigenvalue weighted by Gasteiger charge is 2.19. The summed E-state index contributed by atoms with van der Waals surface area (Å²) in [6.07, 6.45) is 1.36. The van der Waals surface area contributed by atoms with Gasteiger partial charge in [0.2, 0.25) is 0 Å². The minimum absolute atomic E-state index is 0.239. The van der Waals surface area contributed by atoms with Crippen LogP contribution >= 0.6 is 11.6 Å². The van der Waals surface area contributed by atoms with E-state index in [-0.39, 0.29) is 6.61 Å². The topological polar surface area (TPSA) is 50.8 Å². The first-order chi connectivity index (χ1) is 11.2. The number of halogens is 1. The Balaban J connectivity index is 0.000000168. The fourth-order valence-electron chi connectivity index (χ4n) is 2.73. The van der Waals surface area contributed by atoms with E-state index in [0.29, 0.717) is 0 Å². The molecule has 0 amide bonds. The average molecular weight is 341 g/mol. The Morgan fingerprint density at radius 3 is 2.65 bits per heavy atom. The minimum atomic E-state index is -0.770. The van der Waals surface area contributed by atoms with E-state index in [2.05, 4.69) is 15.0 Å². The fourth-order valence-corrected chi connectivity index (χ4v) is 2.79. The minimum Gasteiger partial charge on any atom is -0.449 e. The van der Waals surface area contributed by atoms with Crippen molar-refractivity contribution < 1.29 is 14.3 Å². The Hall–Kier alpha value is -1.14. The van der Waals surface area contributed by atoms with Crippen molar-refractivity contribution in [1.82, 2.24) is 10.2 Å². The van der Waals surface area contributed by atoms with Crippen LogP contribution in [0.2, 0.25) is 0 Å². The fraction of sp³-hybridized carbons (Fsp3) is 0.588. The van der Waals surface area contributed by atoms with Gasteiger partial charge in [0.1, 0.15) is 6.61 Å². The van der Waals surface area contributed by atoms with Crippen LogP contribution in [-0.4, -0.2) is 56.3 Å². The van der Waals surface area contributed by atoms with Crippen molar-refractivity contribution in [2.75, 3.05) is 45.9 Å². The number of carbonyl (C=O) groups is 1. The van der Waals surface area contributed by atoms with Gasteiger partial charge in [-0.25, -0.2) is 4.79 Å². The molecule has 1 aromatic rings. The summed E-state index contributed by atoms with van der Waals surface area (Å²) in [6.45, 7) is 8.08. The summed E-state index contributed by atoms with van der Waals surface area (Å²) in [5, 5.41) is 3.40. The maximum atomic E-state index is 10.2. The quantitative estimate of drug-likeness (QED) is 0.853. The zero-order chi connectivity index (χ0) is 16.3. The van der Waals surface area contributed by atoms with Crippen molar-refractivity contribution in [3.63, 3.8) is 0 Å². The van der Waals surface area contributed by atoms with Crippen LogP contribution in [0.25, 0.3) is 0 Å². The summed E-state index contributed by atoms with van der Waals surface area (Å²) in [6, 6.07) is 9.36. The van der Waals surface area contributed by atoms with Crippen molar-refractivity contribution in [1.29, 1.82) is 0 Å². The van der Waals surface area contributed by atoms with Crippen molar-refractivity contribution in [3.05, 3.63) is 35.9 Å². The largest absolute Gasteiger partial charge is 0.449 e. The third kappa shape index (κ3) is 7.79. The first-order valence-corrected chi connectivity index (χ1v) is 8.49. The SMILES string of the molecule is C1C[C@H](CN2CCOCC2)CN1.O=C(Cl)OCc1ccccc1. The zero-order valence-corrected chi connectivity index (χ0v) is 14.1. The summed E-state index contributed by atoms with van der Waals surface area (Å²) < 4.78 is 9.86. The maximum absolute atomic E-state index is 10.2. The van der Waals surface area contributed by atoms with Gasteiger partial charge in [-0.15, -0.1) is 0 Å². The molecule has 1 aromatic carbocycles. The molecule has 2 saturated heterocycles. The van der Waals surface area contributed by atoms with E-state index in [1.54, 1.807) is 0 Å². The molecule has 0 aromatic heterocycles. The molecule has 2 aliphatic rings. The second-order valence-corrected chi connectivity index (χ2v) is 6.09. The van der Waals surface area contributed by atoms with Gasteiger partial charge in [-0.1, -0.05) is 30.3 Å². The predicted molar refractivity (Wildman–Crippen MR) is 90.7 cm³/mol. The summed E-state index contributed by atoms with van der Waals surface area (Å²) in [4.78, 5) is 12.7.